The van der Waals surface area contributed by atoms with E-state index in [-0.39, 0.29) is 25.0 Å². The van der Waals surface area contributed by atoms with Gasteiger partial charge in [0.1, 0.15) is 47.0 Å². The maximum absolute atomic E-state index is 14.6. The zero-order chi connectivity index (χ0) is 37.4. The van der Waals surface area contributed by atoms with Gasteiger partial charge in [-0.05, 0) is 49.7 Å². The lowest BCUT2D eigenvalue weighted by molar-refractivity contribution is -0.148. The molecule has 2 aromatic heterocycles. The first kappa shape index (κ1) is 36.9. The molecule has 3 aromatic rings. The van der Waals surface area contributed by atoms with Gasteiger partial charge in [-0.15, -0.1) is 17.9 Å². The number of pyridine rings is 1. The molecule has 1 saturated heterocycles. The van der Waals surface area contributed by atoms with E-state index in [9.17, 15) is 19.2 Å². The third-order valence-corrected chi connectivity index (χ3v) is 10.7. The number of rotatable bonds is 11. The van der Waals surface area contributed by atoms with E-state index in [0.717, 1.165) is 25.7 Å². The molecule has 0 bridgehead atoms. The summed E-state index contributed by atoms with van der Waals surface area (Å²) in [6.45, 7) is 9.31. The van der Waals surface area contributed by atoms with Crippen molar-refractivity contribution in [2.75, 3.05) is 26.5 Å². The maximum Gasteiger partial charge on any atom is 0.408 e. The highest BCUT2D eigenvalue weighted by Gasteiger charge is 2.62. The molecule has 3 amide bonds. The molecule has 3 fully saturated rings. The van der Waals surface area contributed by atoms with Crippen LogP contribution in [0.4, 0.5) is 9.93 Å². The van der Waals surface area contributed by atoms with Crippen LogP contribution in [0.15, 0.2) is 42.3 Å². The topological polar surface area (TPSA) is 184 Å². The van der Waals surface area contributed by atoms with Crippen molar-refractivity contribution in [3.8, 4) is 22.9 Å². The van der Waals surface area contributed by atoms with Crippen molar-refractivity contribution in [1.82, 2.24) is 25.5 Å². The Hall–Kier alpha value is -4.92. The molecule has 278 valence electrons. The molecule has 3 aliphatic rings. The van der Waals surface area contributed by atoms with Gasteiger partial charge in [-0.25, -0.2) is 19.6 Å². The minimum Gasteiger partial charge on any atom is -0.497 e. The van der Waals surface area contributed by atoms with E-state index in [4.69, 9.17) is 29.7 Å². The highest BCUT2D eigenvalue weighted by molar-refractivity contribution is 7.13. The first-order valence-corrected chi connectivity index (χ1v) is 18.3. The molecule has 14 nitrogen and oxygen atoms in total. The SMILES string of the molecule is C=CC1CC1(NC(=O)C1CC(Oc2cc(-c3csc(N)n3)nc3cc(OC)ccc23)CN1C(=O)C(NC(=O)OC1CCCC1)C(C)(C)C)C(=O)OC. The number of hydrogen-bond acceptors (Lipinski definition) is 12. The fraction of sp³-hybridized carbons (Fsp3) is 0.514. The Balaban J connectivity index is 1.33. The van der Waals surface area contributed by atoms with Crippen LogP contribution in [0.5, 0.6) is 11.5 Å². The number of thiazole rings is 1. The zero-order valence-corrected chi connectivity index (χ0v) is 30.9. The van der Waals surface area contributed by atoms with Crippen molar-refractivity contribution < 1.29 is 38.1 Å². The maximum atomic E-state index is 14.6. The van der Waals surface area contributed by atoms with Crippen LogP contribution in [0.25, 0.3) is 22.3 Å². The number of amides is 3. The standard InChI is InChI=1S/C37H46N6O8S/c1-7-20-17-37(20,33(46)49-6)42-31(44)28-15-23(18-43(28)32(45)30(36(2,3)4)41-35(47)51-21-10-8-9-11-21)50-29-16-26(27-19-52-34(38)40-27)39-25-14-22(48-5)12-13-24(25)29/h7,12-14,16,19-21,23,28,30H,1,8-11,15,17-18H2,2-6H3,(H2,38,40)(H,41,47)(H,42,44). The minimum absolute atomic E-state index is 0.0118. The normalized spacial score (nSPS) is 23.5. The lowest BCUT2D eigenvalue weighted by atomic mass is 9.85. The van der Waals surface area contributed by atoms with Crippen LogP contribution < -0.4 is 25.8 Å². The van der Waals surface area contributed by atoms with Crippen LogP contribution >= 0.6 is 11.3 Å². The number of benzene rings is 1. The Kier molecular flexibility index (Phi) is 10.4. The van der Waals surface area contributed by atoms with Gasteiger partial charge in [-0.3, -0.25) is 9.59 Å². The summed E-state index contributed by atoms with van der Waals surface area (Å²) in [6.07, 6.45) is 3.97. The van der Waals surface area contributed by atoms with Gasteiger partial charge < -0.3 is 40.2 Å². The lowest BCUT2D eigenvalue weighted by Crippen LogP contribution is -2.59. The van der Waals surface area contributed by atoms with E-state index in [1.807, 2.05) is 26.8 Å². The quantitative estimate of drug-likeness (QED) is 0.185. The number of nitrogens with two attached hydrogens (primary N) is 1. The molecule has 5 unspecified atom stereocenters. The molecule has 6 rings (SSSR count). The number of anilines is 1. The fourth-order valence-electron chi connectivity index (χ4n) is 7.10. The number of carbonyl (C=O) groups excluding carboxylic acids is 4. The Morgan fingerprint density at radius 1 is 1.10 bits per heavy atom. The third kappa shape index (κ3) is 7.50. The van der Waals surface area contributed by atoms with Crippen LogP contribution in [0.1, 0.15) is 59.3 Å². The average Bonchev–Trinajstić information content (AvgIpc) is 3.52. The Bertz CT molecular complexity index is 1870. The number of aromatic nitrogens is 2. The summed E-state index contributed by atoms with van der Waals surface area (Å²) in [4.78, 5) is 65.3. The highest BCUT2D eigenvalue weighted by Crippen LogP contribution is 2.46. The fourth-order valence-corrected chi connectivity index (χ4v) is 7.66. The summed E-state index contributed by atoms with van der Waals surface area (Å²) >= 11 is 1.28. The van der Waals surface area contributed by atoms with Crippen LogP contribution in [0.2, 0.25) is 0 Å². The van der Waals surface area contributed by atoms with Crippen molar-refractivity contribution >= 4 is 51.2 Å². The largest absolute Gasteiger partial charge is 0.497 e. The van der Waals surface area contributed by atoms with Crippen molar-refractivity contribution in [2.24, 2.45) is 11.3 Å². The number of carbonyl (C=O) groups is 4. The molecular weight excluding hydrogens is 689 g/mol. The second kappa shape index (κ2) is 14.6. The number of nitrogens with zero attached hydrogens (tertiary/aromatic N) is 3. The van der Waals surface area contributed by atoms with Crippen molar-refractivity contribution in [2.45, 2.75) is 89.1 Å². The van der Waals surface area contributed by atoms with E-state index in [0.29, 0.717) is 45.3 Å². The highest BCUT2D eigenvalue weighted by atomic mass is 32.1. The molecule has 3 heterocycles. The summed E-state index contributed by atoms with van der Waals surface area (Å²) in [7, 11) is 2.83. The summed E-state index contributed by atoms with van der Waals surface area (Å²) in [5.41, 5.74) is 5.57. The van der Waals surface area contributed by atoms with Crippen LogP contribution in [-0.2, 0) is 23.9 Å². The van der Waals surface area contributed by atoms with E-state index >= 15 is 0 Å². The molecule has 5 atom stereocenters. The molecular formula is C37H46N6O8S. The van der Waals surface area contributed by atoms with Gasteiger partial charge in [0.25, 0.3) is 0 Å². The predicted molar refractivity (Wildman–Crippen MR) is 195 cm³/mol. The number of hydrogen-bond donors (Lipinski definition) is 3. The van der Waals surface area contributed by atoms with Gasteiger partial charge in [0.2, 0.25) is 11.8 Å². The summed E-state index contributed by atoms with van der Waals surface area (Å²) < 4.78 is 22.8. The van der Waals surface area contributed by atoms with E-state index < -0.39 is 53.0 Å². The average molecular weight is 735 g/mol. The third-order valence-electron chi connectivity index (χ3n) is 10.1. The lowest BCUT2D eigenvalue weighted by Gasteiger charge is -2.35. The smallest absolute Gasteiger partial charge is 0.408 e. The van der Waals surface area contributed by atoms with Gasteiger partial charge in [-0.1, -0.05) is 26.8 Å². The van der Waals surface area contributed by atoms with Gasteiger partial charge in [0, 0.05) is 35.2 Å². The number of nitrogens with one attached hydrogen (secondary N) is 2. The number of alkyl carbamates (subject to hydrolysis) is 1. The molecule has 0 spiro atoms. The van der Waals surface area contributed by atoms with E-state index in [2.05, 4.69) is 22.2 Å². The molecule has 15 heteroatoms. The molecule has 2 aliphatic carbocycles. The molecule has 4 N–H and O–H groups in total. The Morgan fingerprint density at radius 3 is 2.46 bits per heavy atom. The van der Waals surface area contributed by atoms with Crippen molar-refractivity contribution in [3.05, 3.63) is 42.3 Å². The first-order chi connectivity index (χ1) is 24.8. The van der Waals surface area contributed by atoms with Crippen LogP contribution in [0.3, 0.4) is 0 Å². The second-order valence-electron chi connectivity index (χ2n) is 14.7. The van der Waals surface area contributed by atoms with Crippen molar-refractivity contribution in [1.29, 1.82) is 0 Å². The molecule has 52 heavy (non-hydrogen) atoms. The number of ether oxygens (including phenoxy) is 4. The first-order valence-electron chi connectivity index (χ1n) is 17.4. The summed E-state index contributed by atoms with van der Waals surface area (Å²) in [5.74, 6) is -0.883. The van der Waals surface area contributed by atoms with E-state index in [1.54, 1.807) is 36.8 Å². The Morgan fingerprint density at radius 2 is 1.85 bits per heavy atom. The molecule has 2 saturated carbocycles. The van der Waals surface area contributed by atoms with Crippen LogP contribution in [-0.4, -0.2) is 89.3 Å². The number of methoxy groups -OCH3 is 2. The molecule has 0 radical (unpaired) electrons. The van der Waals surface area contributed by atoms with E-state index in [1.165, 1.54) is 23.3 Å². The molecule has 1 aliphatic heterocycles. The molecule has 1 aromatic carbocycles. The van der Waals surface area contributed by atoms with Gasteiger partial charge in [-0.2, -0.15) is 0 Å². The predicted octanol–water partition coefficient (Wildman–Crippen LogP) is 4.61. The Labute approximate surface area is 306 Å². The number of fused-ring (bicyclic) bond motifs is 1. The van der Waals surface area contributed by atoms with Gasteiger partial charge in [0.05, 0.1) is 32.0 Å². The number of esters is 1. The minimum atomic E-state index is -1.28. The summed E-state index contributed by atoms with van der Waals surface area (Å²) in [5, 5.41) is 8.55. The van der Waals surface area contributed by atoms with Crippen LogP contribution in [0, 0.1) is 11.3 Å². The van der Waals surface area contributed by atoms with Crippen molar-refractivity contribution in [3.63, 3.8) is 0 Å². The number of likely N-dealkylation sites (tertiary alicyclic amines) is 1. The summed E-state index contributed by atoms with van der Waals surface area (Å²) in [6, 6.07) is 5.07. The monoisotopic (exact) mass is 734 g/mol. The zero-order valence-electron chi connectivity index (χ0n) is 30.1. The second-order valence-corrected chi connectivity index (χ2v) is 15.6. The number of nitrogen functional groups attached to an aromatic ring is 1. The van der Waals surface area contributed by atoms with Gasteiger partial charge >= 0.3 is 12.1 Å². The van der Waals surface area contributed by atoms with Gasteiger partial charge in [0.15, 0.2) is 5.13 Å².